The molecule has 6 nitrogen and oxygen atoms in total. The number of hydrogen-bond acceptors (Lipinski definition) is 4. The number of imidazole rings is 1. The molecule has 3 aromatic heterocycles. The molecule has 0 saturated carbocycles. The van der Waals surface area contributed by atoms with Crippen LogP contribution in [0, 0.1) is 6.92 Å². The highest BCUT2D eigenvalue weighted by Crippen LogP contribution is 2.27. The van der Waals surface area contributed by atoms with Gasteiger partial charge in [-0.25, -0.2) is 15.0 Å². The van der Waals surface area contributed by atoms with Crippen molar-refractivity contribution in [2.75, 3.05) is 5.32 Å². The Bertz CT molecular complexity index is 815. The van der Waals surface area contributed by atoms with E-state index in [0.29, 0.717) is 6.04 Å². The number of aryl methyl sites for hydroxylation is 3. The van der Waals surface area contributed by atoms with Crippen LogP contribution < -0.4 is 5.32 Å². The van der Waals surface area contributed by atoms with E-state index in [0.717, 1.165) is 48.4 Å². The predicted octanol–water partition coefficient (Wildman–Crippen LogP) is 2.52. The summed E-state index contributed by atoms with van der Waals surface area (Å²) in [6.45, 7) is 4.17. The maximum absolute atomic E-state index is 4.55. The van der Waals surface area contributed by atoms with Crippen LogP contribution in [0.4, 0.5) is 5.82 Å². The van der Waals surface area contributed by atoms with E-state index in [1.165, 1.54) is 17.0 Å². The molecule has 0 aromatic carbocycles. The molecule has 114 valence electrons. The second-order valence-corrected chi connectivity index (χ2v) is 5.94. The lowest BCUT2D eigenvalue weighted by molar-refractivity contribution is 0.596. The molecule has 3 N–H and O–H groups in total. The first-order valence-corrected chi connectivity index (χ1v) is 7.86. The Hall–Kier alpha value is -2.37. The molecule has 22 heavy (non-hydrogen) atoms. The quantitative estimate of drug-likeness (QED) is 0.693. The van der Waals surface area contributed by atoms with E-state index >= 15 is 0 Å². The molecule has 0 saturated heterocycles. The van der Waals surface area contributed by atoms with E-state index in [1.807, 2.05) is 13.1 Å². The monoisotopic (exact) mass is 296 g/mol. The maximum atomic E-state index is 4.55. The molecular formula is C16H20N6. The average molecular weight is 296 g/mol. The topological polar surface area (TPSA) is 82.3 Å². The van der Waals surface area contributed by atoms with Gasteiger partial charge < -0.3 is 15.3 Å². The van der Waals surface area contributed by atoms with E-state index in [-0.39, 0.29) is 0 Å². The van der Waals surface area contributed by atoms with Gasteiger partial charge in [0.25, 0.3) is 0 Å². The number of anilines is 1. The SMILES string of the molecule is CCc1c[nH]c2ncnc(NC3CCc4nc(C)[nH]c4C3)c12. The molecule has 1 aliphatic carbocycles. The summed E-state index contributed by atoms with van der Waals surface area (Å²) in [6.07, 6.45) is 7.68. The van der Waals surface area contributed by atoms with Gasteiger partial charge in [0.1, 0.15) is 23.6 Å². The van der Waals surface area contributed by atoms with Crippen molar-refractivity contribution in [3.05, 3.63) is 35.3 Å². The Morgan fingerprint density at radius 1 is 1.36 bits per heavy atom. The molecule has 1 atom stereocenters. The molecule has 1 aliphatic rings. The Labute approximate surface area is 128 Å². The summed E-state index contributed by atoms with van der Waals surface area (Å²) in [7, 11) is 0. The summed E-state index contributed by atoms with van der Waals surface area (Å²) in [5.74, 6) is 1.95. The zero-order chi connectivity index (χ0) is 15.1. The minimum atomic E-state index is 0.380. The van der Waals surface area contributed by atoms with Crippen molar-refractivity contribution in [1.82, 2.24) is 24.9 Å². The van der Waals surface area contributed by atoms with Gasteiger partial charge >= 0.3 is 0 Å². The lowest BCUT2D eigenvalue weighted by Gasteiger charge is -2.23. The fourth-order valence-corrected chi connectivity index (χ4v) is 3.36. The van der Waals surface area contributed by atoms with Crippen LogP contribution in [-0.2, 0) is 19.3 Å². The summed E-state index contributed by atoms with van der Waals surface area (Å²) >= 11 is 0. The first-order valence-electron chi connectivity index (χ1n) is 7.86. The molecule has 3 aromatic rings. The van der Waals surface area contributed by atoms with E-state index in [2.05, 4.69) is 37.2 Å². The summed E-state index contributed by atoms with van der Waals surface area (Å²) in [6, 6.07) is 0.380. The van der Waals surface area contributed by atoms with Crippen molar-refractivity contribution < 1.29 is 0 Å². The number of hydrogen-bond donors (Lipinski definition) is 3. The summed E-state index contributed by atoms with van der Waals surface area (Å²) in [5.41, 5.74) is 4.64. The Morgan fingerprint density at radius 3 is 3.14 bits per heavy atom. The van der Waals surface area contributed by atoms with E-state index in [1.54, 1.807) is 6.33 Å². The van der Waals surface area contributed by atoms with Crippen LogP contribution in [0.2, 0.25) is 0 Å². The summed E-state index contributed by atoms with van der Waals surface area (Å²) in [5, 5.41) is 4.74. The molecule has 0 bridgehead atoms. The van der Waals surface area contributed by atoms with Crippen molar-refractivity contribution in [3.63, 3.8) is 0 Å². The lowest BCUT2D eigenvalue weighted by Crippen LogP contribution is -2.28. The maximum Gasteiger partial charge on any atom is 0.143 e. The smallest absolute Gasteiger partial charge is 0.143 e. The number of rotatable bonds is 3. The van der Waals surface area contributed by atoms with Crippen molar-refractivity contribution in [3.8, 4) is 0 Å². The molecule has 4 rings (SSSR count). The molecular weight excluding hydrogens is 276 g/mol. The highest BCUT2D eigenvalue weighted by Gasteiger charge is 2.22. The normalized spacial score (nSPS) is 17.6. The minimum Gasteiger partial charge on any atom is -0.366 e. The number of aromatic nitrogens is 5. The third-order valence-corrected chi connectivity index (χ3v) is 4.44. The van der Waals surface area contributed by atoms with Gasteiger partial charge in [-0.1, -0.05) is 6.92 Å². The van der Waals surface area contributed by atoms with E-state index in [4.69, 9.17) is 0 Å². The molecule has 0 radical (unpaired) electrons. The van der Waals surface area contributed by atoms with Gasteiger partial charge in [0.05, 0.1) is 11.1 Å². The number of H-pyrrole nitrogens is 2. The zero-order valence-corrected chi connectivity index (χ0v) is 12.9. The fourth-order valence-electron chi connectivity index (χ4n) is 3.36. The van der Waals surface area contributed by atoms with Crippen LogP contribution in [0.3, 0.4) is 0 Å². The lowest BCUT2D eigenvalue weighted by atomic mass is 9.96. The third-order valence-electron chi connectivity index (χ3n) is 4.44. The highest BCUT2D eigenvalue weighted by molar-refractivity contribution is 5.90. The van der Waals surface area contributed by atoms with Gasteiger partial charge in [-0.2, -0.15) is 0 Å². The number of nitrogens with zero attached hydrogens (tertiary/aromatic N) is 3. The van der Waals surface area contributed by atoms with Crippen molar-refractivity contribution >= 4 is 16.9 Å². The summed E-state index contributed by atoms with van der Waals surface area (Å²) < 4.78 is 0. The fraction of sp³-hybridized carbons (Fsp3) is 0.438. The van der Waals surface area contributed by atoms with Gasteiger partial charge in [0, 0.05) is 24.4 Å². The zero-order valence-electron chi connectivity index (χ0n) is 12.9. The Morgan fingerprint density at radius 2 is 2.27 bits per heavy atom. The molecule has 3 heterocycles. The largest absolute Gasteiger partial charge is 0.366 e. The van der Waals surface area contributed by atoms with Crippen LogP contribution in [0.25, 0.3) is 11.0 Å². The Kier molecular flexibility index (Phi) is 3.10. The van der Waals surface area contributed by atoms with E-state index in [9.17, 15) is 0 Å². The highest BCUT2D eigenvalue weighted by atomic mass is 15.1. The van der Waals surface area contributed by atoms with Gasteiger partial charge in [0.15, 0.2) is 0 Å². The first-order chi connectivity index (χ1) is 10.7. The molecule has 1 unspecified atom stereocenters. The van der Waals surface area contributed by atoms with Gasteiger partial charge in [-0.3, -0.25) is 0 Å². The van der Waals surface area contributed by atoms with Crippen molar-refractivity contribution in [2.45, 2.75) is 45.6 Å². The van der Waals surface area contributed by atoms with Crippen LogP contribution >= 0.6 is 0 Å². The van der Waals surface area contributed by atoms with Crippen LogP contribution in [0.1, 0.15) is 36.1 Å². The second kappa shape index (κ2) is 5.12. The van der Waals surface area contributed by atoms with Gasteiger partial charge in [-0.15, -0.1) is 0 Å². The molecule has 0 aliphatic heterocycles. The number of nitrogens with one attached hydrogen (secondary N) is 3. The standard InChI is InChI=1S/C16H20N6/c1-3-10-7-17-15-14(10)16(19-8-18-15)22-11-4-5-12-13(6-11)21-9(2)20-12/h7-8,11H,3-6H2,1-2H3,(H,20,21)(H2,17,18,19,22). The first kappa shape index (κ1) is 13.3. The predicted molar refractivity (Wildman–Crippen MR) is 86.0 cm³/mol. The molecule has 6 heteroatoms. The molecule has 0 spiro atoms. The van der Waals surface area contributed by atoms with Crippen LogP contribution in [-0.4, -0.2) is 31.0 Å². The minimum absolute atomic E-state index is 0.380. The number of fused-ring (bicyclic) bond motifs is 2. The van der Waals surface area contributed by atoms with Gasteiger partial charge in [0.2, 0.25) is 0 Å². The van der Waals surface area contributed by atoms with E-state index < -0.39 is 0 Å². The third kappa shape index (κ3) is 2.15. The van der Waals surface area contributed by atoms with Gasteiger partial charge in [-0.05, 0) is 31.7 Å². The number of aromatic amines is 2. The Balaban J connectivity index is 1.63. The van der Waals surface area contributed by atoms with Crippen LogP contribution in [0.5, 0.6) is 0 Å². The second-order valence-electron chi connectivity index (χ2n) is 5.94. The van der Waals surface area contributed by atoms with Crippen molar-refractivity contribution in [1.29, 1.82) is 0 Å². The van der Waals surface area contributed by atoms with Crippen molar-refractivity contribution in [2.24, 2.45) is 0 Å². The average Bonchev–Trinajstić information content (AvgIpc) is 3.09. The van der Waals surface area contributed by atoms with Crippen LogP contribution in [0.15, 0.2) is 12.5 Å². The summed E-state index contributed by atoms with van der Waals surface area (Å²) in [4.78, 5) is 19.9. The molecule has 0 fully saturated rings. The molecule has 0 amide bonds.